The highest BCUT2D eigenvalue weighted by Gasteiger charge is 2.53. The van der Waals surface area contributed by atoms with Crippen LogP contribution in [0, 0.1) is 35.5 Å². The highest BCUT2D eigenvalue weighted by atomic mass is 31.2. The first-order valence-electron chi connectivity index (χ1n) is 26.3. The summed E-state index contributed by atoms with van der Waals surface area (Å²) >= 11 is 0. The molecule has 1 aliphatic carbocycles. The molecule has 2 N–H and O–H groups in total. The predicted molar refractivity (Wildman–Crippen MR) is 274 cm³/mol. The second kappa shape index (κ2) is 28.1. The molecular weight excluding hydrogens is 946 g/mol. The molecule has 0 aromatic carbocycles. The van der Waals surface area contributed by atoms with Gasteiger partial charge in [-0.1, -0.05) is 71.1 Å². The van der Waals surface area contributed by atoms with Crippen molar-refractivity contribution in [2.75, 3.05) is 34.5 Å². The first-order valence-corrected chi connectivity index (χ1v) is 28.3. The van der Waals surface area contributed by atoms with E-state index in [0.717, 1.165) is 5.57 Å². The number of rotatable bonds is 10. The third kappa shape index (κ3) is 16.9. The molecule has 4 aliphatic rings. The van der Waals surface area contributed by atoms with Crippen LogP contribution in [0.3, 0.4) is 0 Å². The molecule has 4 rings (SSSR count). The number of carbonyl (C=O) groups is 5. The highest BCUT2D eigenvalue weighted by molar-refractivity contribution is 7.53. The topological polar surface area (TPSA) is 211 Å². The van der Waals surface area contributed by atoms with E-state index >= 15 is 0 Å². The summed E-state index contributed by atoms with van der Waals surface area (Å²) in [5.41, 5.74) is 1.16. The Morgan fingerprint density at radius 1 is 0.861 bits per heavy atom. The van der Waals surface area contributed by atoms with Crippen molar-refractivity contribution >= 4 is 36.8 Å². The molecule has 1 amide bonds. The van der Waals surface area contributed by atoms with E-state index in [9.17, 15) is 38.8 Å². The normalized spacial score (nSPS) is 37.0. The van der Waals surface area contributed by atoms with Gasteiger partial charge in [0.15, 0.2) is 11.6 Å². The van der Waals surface area contributed by atoms with Crippen molar-refractivity contribution in [2.24, 2.45) is 35.5 Å². The number of ketones is 3. The lowest BCUT2D eigenvalue weighted by Gasteiger charge is -2.42. The van der Waals surface area contributed by atoms with E-state index in [4.69, 9.17) is 32.7 Å². The number of ether oxygens (including phenoxy) is 5. The average molecular weight is 1030 g/mol. The van der Waals surface area contributed by atoms with Gasteiger partial charge >= 0.3 is 13.6 Å². The molecule has 0 spiro atoms. The standard InChI is InChI=1S/C55H88NO15P/c1-33(2)70-72(13,64)71-45-25-23-41(30-48(45)66-11)29-37(6)47-32-44(57)36(5)28-39(8)50(59)51(67-12)49(58)38(7)27-34(3)19-15-14-16-20-35(4)46(65-10)31-42-24-22-40(9)55(63,69-42)52(60)53(61)56-26-18-17-21-43(56)54(62)68-47/h14-16,19-20,28,33-34,37-43,45-48,50-51,59,63H,17-18,21-27,29-32H2,1-13H3/b16-14?,19-15?,35-20?,36-28+/t34-,37-,38-,39?,40?,41+,42+,43?,45-,46+,47+,48-,50-,51+,55?,72?/m1/s1. The van der Waals surface area contributed by atoms with Crippen molar-refractivity contribution in [3.63, 3.8) is 0 Å². The van der Waals surface area contributed by atoms with Gasteiger partial charge in [-0.15, -0.1) is 0 Å². The SMILES string of the molecule is CO[C@H]1C[C@@H]2CCC(C)C(O)(O2)C(=O)C(=O)N2CCCCC2C(=O)O[C@H]([C@H](C)C[C@@H]2CC[C@@H](OP(C)(=O)OC(C)C)[C@H](OC)C2)CC(=O)/C(C)=C/C(C)[C@@H](O)[C@@H](OC)C(=O)[C@H](C)C[C@H](C)C=CC=CC=C1C. The second-order valence-electron chi connectivity index (χ2n) is 21.6. The zero-order valence-electron chi connectivity index (χ0n) is 45.4. The summed E-state index contributed by atoms with van der Waals surface area (Å²) in [6, 6.07) is -1.17. The number of fused-ring (bicyclic) bond motifs is 3. The van der Waals surface area contributed by atoms with E-state index in [2.05, 4.69) is 0 Å². The van der Waals surface area contributed by atoms with Crippen LogP contribution < -0.4 is 0 Å². The van der Waals surface area contributed by atoms with Crippen LogP contribution in [0.15, 0.2) is 47.6 Å². The first-order chi connectivity index (χ1) is 33.9. The maximum atomic E-state index is 14.5. The van der Waals surface area contributed by atoms with Gasteiger partial charge < -0.3 is 47.8 Å². The molecule has 0 aromatic heterocycles. The second-order valence-corrected chi connectivity index (χ2v) is 23.6. The molecule has 3 heterocycles. The molecule has 2 saturated heterocycles. The zero-order chi connectivity index (χ0) is 53.7. The molecule has 2 bridgehead atoms. The summed E-state index contributed by atoms with van der Waals surface area (Å²) < 4.78 is 54.6. The van der Waals surface area contributed by atoms with Crippen molar-refractivity contribution in [1.29, 1.82) is 0 Å². The van der Waals surface area contributed by atoms with Crippen molar-refractivity contribution in [2.45, 2.75) is 200 Å². The molecule has 72 heavy (non-hydrogen) atoms. The number of Topliss-reactive ketones (excluding diaryl/α,β-unsaturated/α-hetero) is 3. The van der Waals surface area contributed by atoms with Gasteiger partial charge in [0.1, 0.15) is 18.2 Å². The summed E-state index contributed by atoms with van der Waals surface area (Å²) in [5.74, 6) is -8.24. The van der Waals surface area contributed by atoms with E-state index in [1.807, 2.05) is 58.1 Å². The fraction of sp³-hybridized carbons (Fsp3) is 0.764. The Hall–Kier alpha value is -3.18. The van der Waals surface area contributed by atoms with Crippen molar-refractivity contribution < 1.29 is 71.5 Å². The Balaban J connectivity index is 1.70. The molecule has 3 fully saturated rings. The summed E-state index contributed by atoms with van der Waals surface area (Å²) in [5, 5.41) is 23.5. The predicted octanol–water partition coefficient (Wildman–Crippen LogP) is 8.45. The van der Waals surface area contributed by atoms with Crippen LogP contribution in [0.1, 0.15) is 139 Å². The Morgan fingerprint density at radius 2 is 1.57 bits per heavy atom. The third-order valence-corrected chi connectivity index (χ3v) is 16.7. The number of hydrogen-bond acceptors (Lipinski definition) is 15. The van der Waals surface area contributed by atoms with E-state index in [1.165, 1.54) is 18.7 Å². The number of aliphatic hydroxyl groups is 2. The fourth-order valence-corrected chi connectivity index (χ4v) is 12.4. The molecule has 3 aliphatic heterocycles. The molecule has 0 radical (unpaired) electrons. The maximum absolute atomic E-state index is 14.5. The number of methoxy groups -OCH3 is 3. The minimum absolute atomic E-state index is 0.00845. The monoisotopic (exact) mass is 1030 g/mol. The highest BCUT2D eigenvalue weighted by Crippen LogP contribution is 2.49. The van der Waals surface area contributed by atoms with E-state index in [0.29, 0.717) is 69.8 Å². The number of allylic oxidation sites excluding steroid dienone is 6. The quantitative estimate of drug-likeness (QED) is 0.119. The Labute approximate surface area is 429 Å². The number of amides is 1. The average Bonchev–Trinajstić information content (AvgIpc) is 3.32. The molecule has 1 saturated carbocycles. The van der Waals surface area contributed by atoms with E-state index in [-0.39, 0.29) is 48.9 Å². The van der Waals surface area contributed by atoms with Crippen LogP contribution in [-0.2, 0) is 61.3 Å². The Kier molecular flexibility index (Phi) is 23.9. The minimum atomic E-state index is -3.37. The number of hydrogen-bond donors (Lipinski definition) is 2. The van der Waals surface area contributed by atoms with E-state index < -0.39 is 103 Å². The fourth-order valence-electron chi connectivity index (χ4n) is 10.9. The molecular formula is C55H88NO15P. The van der Waals surface area contributed by atoms with Crippen molar-refractivity contribution in [3.05, 3.63) is 47.6 Å². The van der Waals surface area contributed by atoms with Gasteiger partial charge in [-0.2, -0.15) is 0 Å². The first kappa shape index (κ1) is 61.4. The van der Waals surface area contributed by atoms with Gasteiger partial charge in [0.05, 0.1) is 36.6 Å². The van der Waals surface area contributed by atoms with Crippen LogP contribution in [0.2, 0.25) is 0 Å². The van der Waals surface area contributed by atoms with E-state index in [1.54, 1.807) is 54.9 Å². The number of carbonyl (C=O) groups excluding carboxylic acids is 5. The number of piperidine rings is 1. The summed E-state index contributed by atoms with van der Waals surface area (Å²) in [6.07, 6.45) is 10.5. The maximum Gasteiger partial charge on any atom is 0.329 e. The molecule has 17 heteroatoms. The largest absolute Gasteiger partial charge is 0.460 e. The Bertz CT molecular complexity index is 2020. The van der Waals surface area contributed by atoms with Gasteiger partial charge in [-0.05, 0) is 121 Å². The lowest BCUT2D eigenvalue weighted by Crippen LogP contribution is -2.61. The van der Waals surface area contributed by atoms with Gasteiger partial charge in [-0.3, -0.25) is 23.7 Å². The summed E-state index contributed by atoms with van der Waals surface area (Å²) in [6.45, 7) is 17.7. The number of aliphatic hydroxyl groups excluding tert-OH is 1. The van der Waals surface area contributed by atoms with Crippen LogP contribution in [0.5, 0.6) is 0 Å². The number of cyclic esters (lactones) is 1. The smallest absolute Gasteiger partial charge is 0.329 e. The minimum Gasteiger partial charge on any atom is -0.460 e. The lowest BCUT2D eigenvalue weighted by molar-refractivity contribution is -0.265. The molecule has 5 unspecified atom stereocenters. The third-order valence-electron chi connectivity index (χ3n) is 15.2. The van der Waals surface area contributed by atoms with Crippen LogP contribution in [0.25, 0.3) is 0 Å². The summed E-state index contributed by atoms with van der Waals surface area (Å²) in [7, 11) is 1.16. The van der Waals surface area contributed by atoms with Gasteiger partial charge in [-0.25, -0.2) is 4.79 Å². The number of esters is 1. The Morgan fingerprint density at radius 3 is 2.22 bits per heavy atom. The molecule has 0 aromatic rings. The van der Waals surface area contributed by atoms with Crippen molar-refractivity contribution in [3.8, 4) is 0 Å². The van der Waals surface area contributed by atoms with Crippen LogP contribution in [-0.4, -0.2) is 140 Å². The summed E-state index contributed by atoms with van der Waals surface area (Å²) in [4.78, 5) is 72.4. The zero-order valence-corrected chi connectivity index (χ0v) is 46.3. The van der Waals surface area contributed by atoms with Crippen molar-refractivity contribution in [1.82, 2.24) is 4.90 Å². The van der Waals surface area contributed by atoms with Gasteiger partial charge in [0.2, 0.25) is 5.79 Å². The molecule has 408 valence electrons. The lowest BCUT2D eigenvalue weighted by atomic mass is 9.78. The van der Waals surface area contributed by atoms with Gasteiger partial charge in [0, 0.05) is 65.1 Å². The molecule has 16 atom stereocenters. The van der Waals surface area contributed by atoms with Crippen LogP contribution in [0.4, 0.5) is 0 Å². The van der Waals surface area contributed by atoms with Crippen LogP contribution >= 0.6 is 7.60 Å². The molecule has 16 nitrogen and oxygen atoms in total. The number of nitrogens with zero attached hydrogens (tertiary/aromatic N) is 1. The van der Waals surface area contributed by atoms with Gasteiger partial charge in [0.25, 0.3) is 11.7 Å².